The second kappa shape index (κ2) is 6.54. The molecule has 0 bridgehead atoms. The molecule has 20 heavy (non-hydrogen) atoms. The largest absolute Gasteiger partial charge is 0.329 e. The summed E-state index contributed by atoms with van der Waals surface area (Å²) in [6.07, 6.45) is 3.85. The molecular weight excluding hydrogens is 266 g/mol. The van der Waals surface area contributed by atoms with Crippen LogP contribution in [-0.4, -0.2) is 29.0 Å². The summed E-state index contributed by atoms with van der Waals surface area (Å²) in [4.78, 5) is 7.36. The Labute approximate surface area is 127 Å². The van der Waals surface area contributed by atoms with Gasteiger partial charge >= 0.3 is 0 Å². The Hall–Kier alpha value is -0.450. The minimum Gasteiger partial charge on any atom is -0.329 e. The number of rotatable bonds is 4. The van der Waals surface area contributed by atoms with Crippen LogP contribution in [0, 0.1) is 5.92 Å². The third-order valence-electron chi connectivity index (χ3n) is 4.45. The summed E-state index contributed by atoms with van der Waals surface area (Å²) in [7, 11) is 0. The quantitative estimate of drug-likeness (QED) is 0.926. The van der Waals surface area contributed by atoms with E-state index in [0.717, 1.165) is 19.0 Å². The molecule has 2 atom stereocenters. The number of hydrogen-bond acceptors (Lipinski definition) is 4. The summed E-state index contributed by atoms with van der Waals surface area (Å²) < 4.78 is 0. The summed E-state index contributed by atoms with van der Waals surface area (Å²) >= 11 is 1.80. The van der Waals surface area contributed by atoms with E-state index in [2.05, 4.69) is 38.0 Å². The Kier molecular flexibility index (Phi) is 5.21. The van der Waals surface area contributed by atoms with E-state index < -0.39 is 0 Å². The first-order valence-electron chi connectivity index (χ1n) is 7.83. The smallest absolute Gasteiger partial charge is 0.107 e. The maximum atomic E-state index is 5.98. The number of piperidine rings is 1. The molecule has 1 aliphatic rings. The van der Waals surface area contributed by atoms with Gasteiger partial charge in [0.1, 0.15) is 5.01 Å². The molecule has 1 aromatic heterocycles. The van der Waals surface area contributed by atoms with Crippen LogP contribution >= 0.6 is 11.3 Å². The van der Waals surface area contributed by atoms with Gasteiger partial charge in [0.05, 0.1) is 12.2 Å². The van der Waals surface area contributed by atoms with Gasteiger partial charge in [-0.3, -0.25) is 4.90 Å². The Bertz CT molecular complexity index is 422. The minimum absolute atomic E-state index is 0.150. The average Bonchev–Trinajstić information content (AvgIpc) is 2.87. The van der Waals surface area contributed by atoms with E-state index in [1.165, 1.54) is 36.5 Å². The molecule has 0 spiro atoms. The summed E-state index contributed by atoms with van der Waals surface area (Å²) in [6, 6.07) is 0.538. The van der Waals surface area contributed by atoms with Crippen LogP contribution in [0.5, 0.6) is 0 Å². The molecular formula is C16H29N3S. The molecule has 2 heterocycles. The molecule has 2 N–H and O–H groups in total. The van der Waals surface area contributed by atoms with Crippen molar-refractivity contribution in [1.29, 1.82) is 0 Å². The minimum atomic E-state index is 0.150. The summed E-state index contributed by atoms with van der Waals surface area (Å²) in [5.74, 6) is 0.862. The van der Waals surface area contributed by atoms with Crippen molar-refractivity contribution < 1.29 is 0 Å². The summed E-state index contributed by atoms with van der Waals surface area (Å²) in [5.41, 5.74) is 7.34. The maximum absolute atomic E-state index is 5.98. The fourth-order valence-electron chi connectivity index (χ4n) is 2.91. The van der Waals surface area contributed by atoms with Crippen LogP contribution < -0.4 is 5.73 Å². The fraction of sp³-hybridized carbons (Fsp3) is 0.812. The van der Waals surface area contributed by atoms with Gasteiger partial charge in [-0.2, -0.15) is 0 Å². The lowest BCUT2D eigenvalue weighted by Gasteiger charge is -2.38. The van der Waals surface area contributed by atoms with Gasteiger partial charge in [0.15, 0.2) is 0 Å². The van der Waals surface area contributed by atoms with Crippen molar-refractivity contribution in [2.45, 2.75) is 65.0 Å². The molecule has 0 radical (unpaired) electrons. The number of hydrogen-bond donors (Lipinski definition) is 1. The van der Waals surface area contributed by atoms with Crippen molar-refractivity contribution in [2.75, 3.05) is 13.1 Å². The molecule has 2 rings (SSSR count). The van der Waals surface area contributed by atoms with Gasteiger partial charge in [-0.05, 0) is 25.3 Å². The molecule has 4 heteroatoms. The maximum Gasteiger partial charge on any atom is 0.107 e. The van der Waals surface area contributed by atoms with Gasteiger partial charge < -0.3 is 5.73 Å². The number of nitrogens with zero attached hydrogens (tertiary/aromatic N) is 2. The number of thiazole rings is 1. The van der Waals surface area contributed by atoms with Gasteiger partial charge in [-0.15, -0.1) is 11.3 Å². The molecule has 0 aromatic carbocycles. The lowest BCUT2D eigenvalue weighted by atomic mass is 9.89. The second-order valence-corrected chi connectivity index (χ2v) is 7.98. The van der Waals surface area contributed by atoms with Crippen LogP contribution in [0.1, 0.15) is 57.7 Å². The fourth-order valence-corrected chi connectivity index (χ4v) is 3.95. The van der Waals surface area contributed by atoms with Crippen LogP contribution in [0.2, 0.25) is 0 Å². The predicted octanol–water partition coefficient (Wildman–Crippen LogP) is 3.39. The Morgan fingerprint density at radius 1 is 1.45 bits per heavy atom. The van der Waals surface area contributed by atoms with Crippen molar-refractivity contribution in [2.24, 2.45) is 11.7 Å². The standard InChI is InChI=1S/C16H29N3S/c1-5-12-6-7-19(13(8-12)9-17)10-15-18-14(11-20-15)16(2,3)4/h11-13H,5-10,17H2,1-4H3. The number of nitrogens with two attached hydrogens (primary N) is 1. The molecule has 1 aliphatic heterocycles. The van der Waals surface area contributed by atoms with Crippen LogP contribution in [-0.2, 0) is 12.0 Å². The van der Waals surface area contributed by atoms with Crippen LogP contribution in [0.4, 0.5) is 0 Å². The van der Waals surface area contributed by atoms with Gasteiger partial charge in [0, 0.05) is 23.4 Å². The van der Waals surface area contributed by atoms with Crippen molar-refractivity contribution in [3.8, 4) is 0 Å². The zero-order valence-electron chi connectivity index (χ0n) is 13.4. The van der Waals surface area contributed by atoms with Crippen molar-refractivity contribution >= 4 is 11.3 Å². The van der Waals surface area contributed by atoms with Crippen molar-refractivity contribution in [1.82, 2.24) is 9.88 Å². The lowest BCUT2D eigenvalue weighted by molar-refractivity contribution is 0.107. The van der Waals surface area contributed by atoms with Gasteiger partial charge in [0.25, 0.3) is 0 Å². The van der Waals surface area contributed by atoms with E-state index in [-0.39, 0.29) is 5.41 Å². The molecule has 1 saturated heterocycles. The highest BCUT2D eigenvalue weighted by Gasteiger charge is 2.27. The van der Waals surface area contributed by atoms with Gasteiger partial charge in [-0.25, -0.2) is 4.98 Å². The first kappa shape index (κ1) is 15.9. The van der Waals surface area contributed by atoms with E-state index in [4.69, 9.17) is 10.7 Å². The molecule has 114 valence electrons. The normalized spacial score (nSPS) is 25.1. The predicted molar refractivity (Wildman–Crippen MR) is 87.1 cm³/mol. The number of likely N-dealkylation sites (tertiary alicyclic amines) is 1. The molecule has 0 saturated carbocycles. The lowest BCUT2D eigenvalue weighted by Crippen LogP contribution is -2.46. The summed E-state index contributed by atoms with van der Waals surface area (Å²) in [5, 5.41) is 3.45. The highest BCUT2D eigenvalue weighted by Crippen LogP contribution is 2.28. The average molecular weight is 295 g/mol. The number of aromatic nitrogens is 1. The Morgan fingerprint density at radius 3 is 2.75 bits per heavy atom. The molecule has 1 aromatic rings. The van der Waals surface area contributed by atoms with Crippen LogP contribution in [0.15, 0.2) is 5.38 Å². The first-order valence-corrected chi connectivity index (χ1v) is 8.71. The van der Waals surface area contributed by atoms with Gasteiger partial charge in [-0.1, -0.05) is 34.1 Å². The highest BCUT2D eigenvalue weighted by molar-refractivity contribution is 7.09. The van der Waals surface area contributed by atoms with E-state index in [0.29, 0.717) is 6.04 Å². The van der Waals surface area contributed by atoms with Crippen molar-refractivity contribution in [3.05, 3.63) is 16.1 Å². The van der Waals surface area contributed by atoms with E-state index in [1.807, 2.05) is 0 Å². The highest BCUT2D eigenvalue weighted by atomic mass is 32.1. The summed E-state index contributed by atoms with van der Waals surface area (Å²) in [6.45, 7) is 11.9. The van der Waals surface area contributed by atoms with E-state index in [9.17, 15) is 0 Å². The monoisotopic (exact) mass is 295 g/mol. The molecule has 3 nitrogen and oxygen atoms in total. The topological polar surface area (TPSA) is 42.2 Å². The molecule has 2 unspecified atom stereocenters. The Balaban J connectivity index is 2.00. The zero-order chi connectivity index (χ0) is 14.8. The Morgan fingerprint density at radius 2 is 2.20 bits per heavy atom. The second-order valence-electron chi connectivity index (χ2n) is 7.04. The van der Waals surface area contributed by atoms with Crippen LogP contribution in [0.3, 0.4) is 0 Å². The van der Waals surface area contributed by atoms with Crippen LogP contribution in [0.25, 0.3) is 0 Å². The molecule has 0 aliphatic carbocycles. The molecule has 1 fully saturated rings. The molecule has 0 amide bonds. The first-order chi connectivity index (χ1) is 9.44. The SMILES string of the molecule is CCC1CCN(Cc2nc(C(C)(C)C)cs2)C(CN)C1. The van der Waals surface area contributed by atoms with E-state index in [1.54, 1.807) is 11.3 Å². The van der Waals surface area contributed by atoms with E-state index >= 15 is 0 Å². The van der Waals surface area contributed by atoms with Gasteiger partial charge in [0.2, 0.25) is 0 Å². The third-order valence-corrected chi connectivity index (χ3v) is 5.29. The van der Waals surface area contributed by atoms with Crippen molar-refractivity contribution in [3.63, 3.8) is 0 Å². The zero-order valence-corrected chi connectivity index (χ0v) is 14.2. The third kappa shape index (κ3) is 3.80.